The van der Waals surface area contributed by atoms with E-state index in [0.717, 1.165) is 0 Å². The van der Waals surface area contributed by atoms with Crippen molar-refractivity contribution in [2.45, 2.75) is 0 Å². The number of nitro groups is 1. The van der Waals surface area contributed by atoms with E-state index in [-0.39, 0.29) is 11.3 Å². The number of hydrogen-bond acceptors (Lipinski definition) is 4. The Labute approximate surface area is 111 Å². The van der Waals surface area contributed by atoms with E-state index < -0.39 is 10.7 Å². The van der Waals surface area contributed by atoms with E-state index in [1.807, 2.05) is 0 Å². The van der Waals surface area contributed by atoms with Crippen molar-refractivity contribution in [3.63, 3.8) is 0 Å². The Morgan fingerprint density at radius 3 is 2.72 bits per heavy atom. The zero-order valence-electron chi connectivity index (χ0n) is 9.04. The van der Waals surface area contributed by atoms with Gasteiger partial charge in [0.15, 0.2) is 0 Å². The molecule has 0 radical (unpaired) electrons. The van der Waals surface area contributed by atoms with Crippen molar-refractivity contribution in [3.05, 3.63) is 68.4 Å². The summed E-state index contributed by atoms with van der Waals surface area (Å²) >= 11 is 3.20. The summed E-state index contributed by atoms with van der Waals surface area (Å²) in [7, 11) is 0. The van der Waals surface area contributed by atoms with Crippen LogP contribution in [0.3, 0.4) is 0 Å². The number of ketones is 1. The Kier molecular flexibility index (Phi) is 3.47. The highest BCUT2D eigenvalue weighted by Gasteiger charge is 2.21. The SMILES string of the molecule is O=C(c1cccnc1)c1cc(Br)ccc1[N+](=O)[O-]. The standard InChI is InChI=1S/C12H7BrN2O3/c13-9-3-4-11(15(17)18)10(6-9)12(16)8-2-1-5-14-7-8/h1-7H. The fourth-order valence-electron chi connectivity index (χ4n) is 1.50. The first-order valence-corrected chi connectivity index (χ1v) is 5.77. The average molecular weight is 307 g/mol. The predicted octanol–water partition coefficient (Wildman–Crippen LogP) is 2.98. The molecule has 0 fully saturated rings. The number of carbonyl (C=O) groups excluding carboxylic acids is 1. The van der Waals surface area contributed by atoms with Crippen LogP contribution in [0, 0.1) is 10.1 Å². The smallest absolute Gasteiger partial charge is 0.280 e. The molecule has 18 heavy (non-hydrogen) atoms. The molecule has 0 unspecified atom stereocenters. The molecule has 0 bridgehead atoms. The highest BCUT2D eigenvalue weighted by atomic mass is 79.9. The summed E-state index contributed by atoms with van der Waals surface area (Å²) in [6.45, 7) is 0. The lowest BCUT2D eigenvalue weighted by molar-refractivity contribution is -0.385. The van der Waals surface area contributed by atoms with Gasteiger partial charge in [-0.25, -0.2) is 0 Å². The predicted molar refractivity (Wildman–Crippen MR) is 68.5 cm³/mol. The second-order valence-electron chi connectivity index (χ2n) is 3.49. The van der Waals surface area contributed by atoms with Crippen molar-refractivity contribution >= 4 is 27.4 Å². The maximum absolute atomic E-state index is 12.2. The van der Waals surface area contributed by atoms with E-state index in [0.29, 0.717) is 10.0 Å². The highest BCUT2D eigenvalue weighted by Crippen LogP contribution is 2.25. The van der Waals surface area contributed by atoms with Crippen LogP contribution in [0.15, 0.2) is 47.2 Å². The van der Waals surface area contributed by atoms with Crippen molar-refractivity contribution in [3.8, 4) is 0 Å². The molecule has 1 aromatic heterocycles. The molecule has 0 saturated carbocycles. The molecular weight excluding hydrogens is 300 g/mol. The number of benzene rings is 1. The molecule has 0 atom stereocenters. The van der Waals surface area contributed by atoms with E-state index in [2.05, 4.69) is 20.9 Å². The van der Waals surface area contributed by atoms with Gasteiger partial charge in [-0.3, -0.25) is 19.9 Å². The van der Waals surface area contributed by atoms with E-state index in [1.54, 1.807) is 12.1 Å². The monoisotopic (exact) mass is 306 g/mol. The maximum atomic E-state index is 12.2. The molecule has 2 rings (SSSR count). The number of halogens is 1. The molecule has 90 valence electrons. The summed E-state index contributed by atoms with van der Waals surface area (Å²) in [5.74, 6) is -0.420. The van der Waals surface area contributed by atoms with Crippen molar-refractivity contribution in [1.29, 1.82) is 0 Å². The number of aromatic nitrogens is 1. The van der Waals surface area contributed by atoms with Gasteiger partial charge in [-0.15, -0.1) is 0 Å². The maximum Gasteiger partial charge on any atom is 0.280 e. The van der Waals surface area contributed by atoms with Crippen LogP contribution in [0.5, 0.6) is 0 Å². The van der Waals surface area contributed by atoms with Crippen LogP contribution in [-0.2, 0) is 0 Å². The van der Waals surface area contributed by atoms with Crippen LogP contribution in [0.2, 0.25) is 0 Å². The van der Waals surface area contributed by atoms with Crippen LogP contribution >= 0.6 is 15.9 Å². The summed E-state index contributed by atoms with van der Waals surface area (Å²) in [6, 6.07) is 7.44. The quantitative estimate of drug-likeness (QED) is 0.496. The number of rotatable bonds is 3. The summed E-state index contributed by atoms with van der Waals surface area (Å²) in [4.78, 5) is 26.3. The van der Waals surface area contributed by atoms with Gasteiger partial charge in [-0.1, -0.05) is 15.9 Å². The average Bonchev–Trinajstić information content (AvgIpc) is 2.38. The minimum atomic E-state index is -0.573. The Bertz CT molecular complexity index is 614. The summed E-state index contributed by atoms with van der Waals surface area (Å²) < 4.78 is 0.611. The third kappa shape index (κ3) is 2.43. The molecule has 0 aliphatic carbocycles. The molecule has 0 saturated heterocycles. The van der Waals surface area contributed by atoms with Crippen molar-refractivity contribution in [2.24, 2.45) is 0 Å². The zero-order chi connectivity index (χ0) is 13.1. The lowest BCUT2D eigenvalue weighted by atomic mass is 10.0. The van der Waals surface area contributed by atoms with Gasteiger partial charge in [0.25, 0.3) is 5.69 Å². The molecule has 1 aromatic carbocycles. The van der Waals surface area contributed by atoms with Gasteiger partial charge in [0, 0.05) is 28.5 Å². The fraction of sp³-hybridized carbons (Fsp3) is 0. The van der Waals surface area contributed by atoms with Gasteiger partial charge in [-0.2, -0.15) is 0 Å². The normalized spacial score (nSPS) is 10.1. The first-order valence-electron chi connectivity index (χ1n) is 4.98. The molecule has 6 heteroatoms. The second-order valence-corrected chi connectivity index (χ2v) is 4.41. The molecule has 0 spiro atoms. The van der Waals surface area contributed by atoms with Gasteiger partial charge in [0.05, 0.1) is 4.92 Å². The van der Waals surface area contributed by atoms with Gasteiger partial charge in [-0.05, 0) is 24.3 Å². The third-order valence-corrected chi connectivity index (χ3v) is 2.82. The molecular formula is C12H7BrN2O3. The van der Waals surface area contributed by atoms with E-state index in [9.17, 15) is 14.9 Å². The van der Waals surface area contributed by atoms with E-state index in [1.165, 1.54) is 30.6 Å². The van der Waals surface area contributed by atoms with E-state index in [4.69, 9.17) is 0 Å². The van der Waals surface area contributed by atoms with Crippen molar-refractivity contribution in [2.75, 3.05) is 0 Å². The zero-order valence-corrected chi connectivity index (χ0v) is 10.6. The number of nitro benzene ring substituents is 1. The molecule has 0 amide bonds. The Morgan fingerprint density at radius 1 is 1.33 bits per heavy atom. The van der Waals surface area contributed by atoms with Gasteiger partial charge < -0.3 is 0 Å². The lowest BCUT2D eigenvalue weighted by Crippen LogP contribution is -2.05. The summed E-state index contributed by atoms with van der Waals surface area (Å²) in [5, 5.41) is 10.9. The number of pyridine rings is 1. The lowest BCUT2D eigenvalue weighted by Gasteiger charge is -2.02. The third-order valence-electron chi connectivity index (χ3n) is 2.32. The molecule has 2 aromatic rings. The highest BCUT2D eigenvalue weighted by molar-refractivity contribution is 9.10. The fourth-order valence-corrected chi connectivity index (χ4v) is 1.86. The molecule has 0 N–H and O–H groups in total. The number of nitrogens with zero attached hydrogens (tertiary/aromatic N) is 2. The molecule has 1 heterocycles. The van der Waals surface area contributed by atoms with Gasteiger partial charge >= 0.3 is 0 Å². The van der Waals surface area contributed by atoms with Crippen LogP contribution in [0.4, 0.5) is 5.69 Å². The summed E-state index contributed by atoms with van der Waals surface area (Å²) in [6.07, 6.45) is 2.92. The van der Waals surface area contributed by atoms with Crippen LogP contribution in [0.25, 0.3) is 0 Å². The topological polar surface area (TPSA) is 73.1 Å². The minimum absolute atomic E-state index is 0.0439. The summed E-state index contributed by atoms with van der Waals surface area (Å²) in [5.41, 5.74) is 0.146. The Hall–Kier alpha value is -2.08. The minimum Gasteiger partial charge on any atom is -0.288 e. The van der Waals surface area contributed by atoms with Crippen molar-refractivity contribution in [1.82, 2.24) is 4.98 Å². The Morgan fingerprint density at radius 2 is 2.11 bits per heavy atom. The van der Waals surface area contributed by atoms with Gasteiger partial charge in [0.1, 0.15) is 5.56 Å². The Balaban J connectivity index is 2.54. The second kappa shape index (κ2) is 5.05. The number of carbonyl (C=O) groups is 1. The van der Waals surface area contributed by atoms with Crippen LogP contribution in [-0.4, -0.2) is 15.7 Å². The first kappa shape index (κ1) is 12.4. The first-order chi connectivity index (χ1) is 8.59. The largest absolute Gasteiger partial charge is 0.288 e. The number of hydrogen-bond donors (Lipinski definition) is 0. The molecule has 5 nitrogen and oxygen atoms in total. The molecule has 0 aliphatic heterocycles. The molecule has 0 aliphatic rings. The van der Waals surface area contributed by atoms with Crippen LogP contribution in [0.1, 0.15) is 15.9 Å². The van der Waals surface area contributed by atoms with Crippen LogP contribution < -0.4 is 0 Å². The van der Waals surface area contributed by atoms with E-state index >= 15 is 0 Å². The van der Waals surface area contributed by atoms with Gasteiger partial charge in [0.2, 0.25) is 5.78 Å². The van der Waals surface area contributed by atoms with Crippen molar-refractivity contribution < 1.29 is 9.72 Å².